The summed E-state index contributed by atoms with van der Waals surface area (Å²) in [5, 5.41) is 9.58. The summed E-state index contributed by atoms with van der Waals surface area (Å²) >= 11 is 5.89. The molecule has 0 radical (unpaired) electrons. The molecule has 0 bridgehead atoms. The zero-order valence-corrected chi connectivity index (χ0v) is 9.61. The van der Waals surface area contributed by atoms with Crippen LogP contribution in [0.3, 0.4) is 0 Å². The van der Waals surface area contributed by atoms with Crippen molar-refractivity contribution in [3.8, 4) is 0 Å². The Labute approximate surface area is 98.6 Å². The second-order valence-electron chi connectivity index (χ2n) is 4.02. The molecule has 1 aliphatic rings. The van der Waals surface area contributed by atoms with Crippen molar-refractivity contribution in [2.45, 2.75) is 18.5 Å². The maximum Gasteiger partial charge on any atom is 0.322 e. The Morgan fingerprint density at radius 1 is 1.69 bits per heavy atom. The maximum atomic E-state index is 10.9. The van der Waals surface area contributed by atoms with Gasteiger partial charge < -0.3 is 15.7 Å². The lowest BCUT2D eigenvalue weighted by Gasteiger charge is -2.25. The van der Waals surface area contributed by atoms with Crippen LogP contribution in [0, 0.1) is 0 Å². The summed E-state index contributed by atoms with van der Waals surface area (Å²) in [6.45, 7) is 0. The molecule has 2 unspecified atom stereocenters. The highest BCUT2D eigenvalue weighted by molar-refractivity contribution is 6.30. The van der Waals surface area contributed by atoms with Crippen LogP contribution >= 0.6 is 11.6 Å². The molecule has 0 saturated carbocycles. The summed E-state index contributed by atoms with van der Waals surface area (Å²) in [6.07, 6.45) is 0.625. The first kappa shape index (κ1) is 11.2. The van der Waals surface area contributed by atoms with Gasteiger partial charge in [-0.1, -0.05) is 11.6 Å². The van der Waals surface area contributed by atoms with Crippen molar-refractivity contribution in [3.63, 3.8) is 0 Å². The molecule has 1 aromatic rings. The van der Waals surface area contributed by atoms with E-state index in [4.69, 9.17) is 22.4 Å². The van der Waals surface area contributed by atoms with E-state index in [1.807, 2.05) is 24.1 Å². The Balaban J connectivity index is 2.30. The van der Waals surface area contributed by atoms with E-state index in [1.165, 1.54) is 0 Å². The van der Waals surface area contributed by atoms with Gasteiger partial charge in [0, 0.05) is 17.8 Å². The van der Waals surface area contributed by atoms with Gasteiger partial charge in [0.1, 0.15) is 6.04 Å². The smallest absolute Gasteiger partial charge is 0.322 e. The molecule has 2 atom stereocenters. The number of halogens is 1. The van der Waals surface area contributed by atoms with Gasteiger partial charge in [0.25, 0.3) is 0 Å². The number of nitrogens with two attached hydrogens (primary N) is 1. The highest BCUT2D eigenvalue weighted by Gasteiger charge is 2.34. The topological polar surface area (TPSA) is 66.6 Å². The van der Waals surface area contributed by atoms with E-state index in [9.17, 15) is 4.79 Å². The number of anilines is 1. The number of benzene rings is 1. The second-order valence-corrected chi connectivity index (χ2v) is 4.46. The Kier molecular flexibility index (Phi) is 2.78. The molecule has 0 spiro atoms. The van der Waals surface area contributed by atoms with Gasteiger partial charge in [-0.25, -0.2) is 0 Å². The van der Waals surface area contributed by atoms with Crippen LogP contribution in [-0.2, 0) is 11.2 Å². The number of carboxylic acid groups (broad SMARTS) is 1. The minimum Gasteiger partial charge on any atom is -0.480 e. The van der Waals surface area contributed by atoms with Crippen LogP contribution < -0.4 is 10.6 Å². The van der Waals surface area contributed by atoms with Crippen LogP contribution in [0.1, 0.15) is 5.56 Å². The van der Waals surface area contributed by atoms with Crippen molar-refractivity contribution in [2.75, 3.05) is 11.9 Å². The summed E-state index contributed by atoms with van der Waals surface area (Å²) in [7, 11) is 1.85. The van der Waals surface area contributed by atoms with Crippen LogP contribution in [-0.4, -0.2) is 30.2 Å². The lowest BCUT2D eigenvalue weighted by Crippen LogP contribution is -2.49. The minimum absolute atomic E-state index is 0.203. The summed E-state index contributed by atoms with van der Waals surface area (Å²) in [5.74, 6) is -0.976. The molecule has 0 aromatic heterocycles. The first-order chi connectivity index (χ1) is 7.50. The normalized spacial score (nSPS) is 20.7. The predicted molar refractivity (Wildman–Crippen MR) is 63.0 cm³/mol. The fourth-order valence-electron chi connectivity index (χ4n) is 2.14. The van der Waals surface area contributed by atoms with Crippen molar-refractivity contribution >= 4 is 23.3 Å². The van der Waals surface area contributed by atoms with Gasteiger partial charge in [0.2, 0.25) is 0 Å². The van der Waals surface area contributed by atoms with Crippen LogP contribution in [0.4, 0.5) is 5.69 Å². The molecule has 86 valence electrons. The van der Waals surface area contributed by atoms with Gasteiger partial charge >= 0.3 is 5.97 Å². The Bertz CT molecular complexity index is 436. The van der Waals surface area contributed by atoms with Crippen LogP contribution in [0.15, 0.2) is 18.2 Å². The van der Waals surface area contributed by atoms with E-state index in [-0.39, 0.29) is 6.04 Å². The highest BCUT2D eigenvalue weighted by atomic mass is 35.5. The van der Waals surface area contributed by atoms with E-state index >= 15 is 0 Å². The lowest BCUT2D eigenvalue weighted by atomic mass is 10.0. The molecule has 0 fully saturated rings. The van der Waals surface area contributed by atoms with Gasteiger partial charge in [-0.05, 0) is 30.2 Å². The second kappa shape index (κ2) is 3.96. The predicted octanol–water partition coefficient (Wildman–Crippen LogP) is 1.11. The van der Waals surface area contributed by atoms with E-state index in [0.717, 1.165) is 11.3 Å². The maximum absolute atomic E-state index is 10.9. The van der Waals surface area contributed by atoms with Gasteiger partial charge in [-0.2, -0.15) is 0 Å². The number of carbonyl (C=O) groups is 1. The van der Waals surface area contributed by atoms with E-state index in [1.54, 1.807) is 6.07 Å². The quantitative estimate of drug-likeness (QED) is 0.813. The van der Waals surface area contributed by atoms with Gasteiger partial charge in [0.05, 0.1) is 6.04 Å². The molecule has 3 N–H and O–H groups in total. The number of hydrogen-bond donors (Lipinski definition) is 2. The molecule has 0 amide bonds. The molecule has 1 aromatic carbocycles. The van der Waals surface area contributed by atoms with Crippen molar-refractivity contribution in [2.24, 2.45) is 5.73 Å². The summed E-state index contributed by atoms with van der Waals surface area (Å²) in [4.78, 5) is 12.8. The SMILES string of the molecule is CN1c2ccc(Cl)cc2CC1C(N)C(=O)O. The van der Waals surface area contributed by atoms with Crippen molar-refractivity contribution in [3.05, 3.63) is 28.8 Å². The van der Waals surface area contributed by atoms with Crippen LogP contribution in [0.25, 0.3) is 0 Å². The van der Waals surface area contributed by atoms with Crippen molar-refractivity contribution in [1.82, 2.24) is 0 Å². The molecule has 16 heavy (non-hydrogen) atoms. The van der Waals surface area contributed by atoms with Crippen molar-refractivity contribution < 1.29 is 9.90 Å². The summed E-state index contributed by atoms with van der Waals surface area (Å²) in [5.41, 5.74) is 7.71. The monoisotopic (exact) mass is 240 g/mol. The Hall–Kier alpha value is -1.26. The molecule has 0 aliphatic carbocycles. The van der Waals surface area contributed by atoms with E-state index < -0.39 is 12.0 Å². The average Bonchev–Trinajstić information content (AvgIpc) is 2.54. The standard InChI is InChI=1S/C11H13ClN2O2/c1-14-8-3-2-7(12)4-6(8)5-9(14)10(13)11(15)16/h2-4,9-10H,5,13H2,1H3,(H,15,16). The minimum atomic E-state index is -0.976. The molecular weight excluding hydrogens is 228 g/mol. The third kappa shape index (κ3) is 1.74. The zero-order chi connectivity index (χ0) is 11.9. The largest absolute Gasteiger partial charge is 0.480 e. The molecule has 0 saturated heterocycles. The van der Waals surface area contributed by atoms with Crippen LogP contribution in [0.2, 0.25) is 5.02 Å². The van der Waals surface area contributed by atoms with Crippen LogP contribution in [0.5, 0.6) is 0 Å². The first-order valence-electron chi connectivity index (χ1n) is 5.00. The lowest BCUT2D eigenvalue weighted by molar-refractivity contribution is -0.138. The summed E-state index contributed by atoms with van der Waals surface area (Å²) in [6, 6.07) is 4.47. The first-order valence-corrected chi connectivity index (χ1v) is 5.38. The van der Waals surface area contributed by atoms with Gasteiger partial charge in [0.15, 0.2) is 0 Å². The molecule has 5 heteroatoms. The number of hydrogen-bond acceptors (Lipinski definition) is 3. The van der Waals surface area contributed by atoms with E-state index in [0.29, 0.717) is 11.4 Å². The number of carboxylic acids is 1. The number of likely N-dealkylation sites (N-methyl/N-ethyl adjacent to an activating group) is 1. The molecular formula is C11H13ClN2O2. The molecule has 1 heterocycles. The molecule has 2 rings (SSSR count). The van der Waals surface area contributed by atoms with Gasteiger partial charge in [-0.15, -0.1) is 0 Å². The third-order valence-corrected chi connectivity index (χ3v) is 3.28. The zero-order valence-electron chi connectivity index (χ0n) is 8.85. The summed E-state index contributed by atoms with van der Waals surface area (Å²) < 4.78 is 0. The number of fused-ring (bicyclic) bond motifs is 1. The average molecular weight is 241 g/mol. The Morgan fingerprint density at radius 3 is 3.00 bits per heavy atom. The van der Waals surface area contributed by atoms with E-state index in [2.05, 4.69) is 0 Å². The number of rotatable bonds is 2. The fraction of sp³-hybridized carbons (Fsp3) is 0.364. The fourth-order valence-corrected chi connectivity index (χ4v) is 2.33. The van der Waals surface area contributed by atoms with Crippen molar-refractivity contribution in [1.29, 1.82) is 0 Å². The number of aliphatic carboxylic acids is 1. The highest BCUT2D eigenvalue weighted by Crippen LogP contribution is 2.33. The molecule has 4 nitrogen and oxygen atoms in total. The molecule has 1 aliphatic heterocycles. The van der Waals surface area contributed by atoms with Gasteiger partial charge in [-0.3, -0.25) is 4.79 Å². The number of nitrogens with zero attached hydrogens (tertiary/aromatic N) is 1. The Morgan fingerprint density at radius 2 is 2.38 bits per heavy atom. The third-order valence-electron chi connectivity index (χ3n) is 3.05.